The average molecular weight is 807 g/mol. The van der Waals surface area contributed by atoms with Crippen molar-refractivity contribution in [1.82, 2.24) is 0 Å². The van der Waals surface area contributed by atoms with Crippen LogP contribution in [0, 0.1) is 32.5 Å². The molecular weight excluding hydrogens is 800 g/mol. The lowest BCUT2D eigenvalue weighted by molar-refractivity contribution is -0.117. The Morgan fingerprint density at radius 1 is 0.771 bits per heavy atom. The van der Waals surface area contributed by atoms with Crippen molar-refractivity contribution < 1.29 is 9.59 Å². The van der Waals surface area contributed by atoms with E-state index in [9.17, 15) is 14.5 Å². The van der Waals surface area contributed by atoms with Crippen LogP contribution in [-0.2, 0) is 9.59 Å². The van der Waals surface area contributed by atoms with Crippen molar-refractivity contribution in [3.63, 3.8) is 0 Å². The molecule has 0 aliphatic heterocycles. The minimum absolute atomic E-state index is 0.710. The lowest BCUT2D eigenvalue weighted by Crippen LogP contribution is -2.27. The number of nitroso groups, excluding NO2 is 2. The standard InChI is InChI=1S/C2H2Cl3NO.C2Cl3N.C2H3Cl2NO.C2HCl2N.CCl3NO.CHCl2NO/c3-2(4,5)1(6)7;3-2(4,5)1-6;3-1(4)2(5)6;3-2(4)1-5;2-1(3,4)5-6;2-1(3)4-5/h(H2,6,7);;1H,(H2,5,6);2H;;1H. The number of alkyl halides is 15. The fourth-order valence-electron chi connectivity index (χ4n) is 0. The highest BCUT2D eigenvalue weighted by Crippen LogP contribution is 2.26. The van der Waals surface area contributed by atoms with Gasteiger partial charge in [-0.2, -0.15) is 10.5 Å². The van der Waals surface area contributed by atoms with E-state index in [0.29, 0.717) is 0 Å². The molecule has 206 valence electrons. The van der Waals surface area contributed by atoms with Gasteiger partial charge in [-0.15, -0.1) is 9.81 Å². The van der Waals surface area contributed by atoms with Crippen molar-refractivity contribution >= 4 is 186 Å². The summed E-state index contributed by atoms with van der Waals surface area (Å²) in [6, 6.07) is 2.96. The Hall–Kier alpha value is 1.47. The SMILES string of the molecule is N#CC(Cl)(Cl)Cl.N#CC(Cl)Cl.NC(=O)C(Cl)(Cl)Cl.NC(=O)C(Cl)Cl.O=NC(Cl)(Cl)Cl.O=NC(Cl)Cl. The van der Waals surface area contributed by atoms with E-state index >= 15 is 0 Å². The summed E-state index contributed by atoms with van der Waals surface area (Å²) in [5.41, 5.74) is 9.07. The van der Waals surface area contributed by atoms with E-state index in [2.05, 4.69) is 21.8 Å². The lowest BCUT2D eigenvalue weighted by Gasteiger charge is -2.01. The zero-order valence-electron chi connectivity index (χ0n) is 15.5. The number of amides is 2. The summed E-state index contributed by atoms with van der Waals surface area (Å²) >= 11 is 72.8. The molecule has 25 heteroatoms. The summed E-state index contributed by atoms with van der Waals surface area (Å²) in [5.74, 6) is -1.67. The Morgan fingerprint density at radius 2 is 0.943 bits per heavy atom. The highest BCUT2D eigenvalue weighted by Gasteiger charge is 2.26. The molecule has 0 saturated carbocycles. The van der Waals surface area contributed by atoms with Crippen molar-refractivity contribution in [3.05, 3.63) is 9.81 Å². The largest absolute Gasteiger partial charge is 0.367 e. The molecule has 0 aromatic carbocycles. The molecule has 0 rings (SSSR count). The van der Waals surface area contributed by atoms with Gasteiger partial charge in [0.25, 0.3) is 19.4 Å². The molecule has 10 nitrogen and oxygen atoms in total. The molecule has 0 aliphatic carbocycles. The maximum absolute atomic E-state index is 9.85. The molecule has 0 fully saturated rings. The summed E-state index contributed by atoms with van der Waals surface area (Å²) in [5, 5.41) is 19.6. The highest BCUT2D eigenvalue weighted by atomic mass is 35.6. The Bertz CT molecular complexity index is 664. The first-order valence-electron chi connectivity index (χ1n) is 6.37. The van der Waals surface area contributed by atoms with Crippen LogP contribution in [-0.4, -0.2) is 37.9 Å². The van der Waals surface area contributed by atoms with Gasteiger partial charge in [0.05, 0.1) is 6.07 Å². The van der Waals surface area contributed by atoms with E-state index < -0.39 is 37.9 Å². The van der Waals surface area contributed by atoms with Crippen LogP contribution < -0.4 is 11.5 Å². The van der Waals surface area contributed by atoms with Crippen molar-refractivity contribution in [3.8, 4) is 12.1 Å². The topological polar surface area (TPSA) is 193 Å². The van der Waals surface area contributed by atoms with Gasteiger partial charge in [0.1, 0.15) is 6.07 Å². The van der Waals surface area contributed by atoms with E-state index in [1.54, 1.807) is 6.07 Å². The monoisotopic (exact) mass is 800 g/mol. The predicted molar refractivity (Wildman–Crippen MR) is 149 cm³/mol. The summed E-state index contributed by atoms with van der Waals surface area (Å²) in [7, 11) is 0. The third-order valence-corrected chi connectivity index (χ3v) is 2.71. The van der Waals surface area contributed by atoms with Gasteiger partial charge in [-0.1, -0.05) is 174 Å². The van der Waals surface area contributed by atoms with Gasteiger partial charge in [-0.25, -0.2) is 0 Å². The summed E-state index contributed by atoms with van der Waals surface area (Å²) < 4.78 is -5.65. The first kappa shape index (κ1) is 49.4. The fraction of sp³-hybridized carbons (Fsp3) is 0.600. The minimum atomic E-state index is -1.97. The maximum Gasteiger partial charge on any atom is 0.324 e. The van der Waals surface area contributed by atoms with E-state index in [4.69, 9.17) is 189 Å². The van der Waals surface area contributed by atoms with Gasteiger partial charge in [-0.3, -0.25) is 9.59 Å². The number of halogens is 15. The second-order valence-corrected chi connectivity index (χ2v) is 13.6. The van der Waals surface area contributed by atoms with Crippen LogP contribution in [0.25, 0.3) is 0 Å². The molecule has 0 saturated heterocycles. The molecule has 35 heavy (non-hydrogen) atoms. The molecule has 0 aromatic rings. The third kappa shape index (κ3) is 86.2. The number of nitrogens with two attached hydrogens (primary N) is 2. The van der Waals surface area contributed by atoms with Crippen LogP contribution in [0.4, 0.5) is 0 Å². The van der Waals surface area contributed by atoms with Crippen LogP contribution in [0.3, 0.4) is 0 Å². The quantitative estimate of drug-likeness (QED) is 0.162. The number of carbonyl (C=O) groups excluding carboxylic acids is 2. The van der Waals surface area contributed by atoms with E-state index in [1.807, 2.05) is 0 Å². The first-order valence-corrected chi connectivity index (χ1v) is 12.4. The van der Waals surface area contributed by atoms with Gasteiger partial charge >= 0.3 is 3.92 Å². The number of hydrogen-bond donors (Lipinski definition) is 2. The Balaban J connectivity index is -0.0000000724. The van der Waals surface area contributed by atoms with Gasteiger partial charge in [0.2, 0.25) is 4.96 Å². The molecular formula is C10H7Cl15N6O4. The first-order chi connectivity index (χ1) is 15.2. The smallest absolute Gasteiger partial charge is 0.324 e. The van der Waals surface area contributed by atoms with Gasteiger partial charge in [-0.05, 0) is 10.4 Å². The van der Waals surface area contributed by atoms with E-state index in [1.165, 1.54) is 6.07 Å². The molecule has 0 atom stereocenters. The molecule has 0 unspecified atom stereocenters. The number of rotatable bonds is 2. The van der Waals surface area contributed by atoms with Gasteiger partial charge < -0.3 is 11.5 Å². The van der Waals surface area contributed by atoms with Crippen molar-refractivity contribution in [2.45, 2.75) is 26.1 Å². The number of nitrogens with zero attached hydrogens (tertiary/aromatic N) is 4. The highest BCUT2D eigenvalue weighted by molar-refractivity contribution is 6.76. The van der Waals surface area contributed by atoms with Crippen LogP contribution in [0.1, 0.15) is 0 Å². The third-order valence-electron chi connectivity index (χ3n) is 0.902. The lowest BCUT2D eigenvalue weighted by atomic mass is 10.7. The van der Waals surface area contributed by atoms with E-state index in [-0.39, 0.29) is 0 Å². The van der Waals surface area contributed by atoms with Crippen LogP contribution in [0.2, 0.25) is 0 Å². The Kier molecular flexibility index (Phi) is 40.2. The number of carbonyl (C=O) groups is 2. The minimum Gasteiger partial charge on any atom is -0.367 e. The molecule has 2 amide bonds. The van der Waals surface area contributed by atoms with Gasteiger partial charge in [0, 0.05) is 0 Å². The molecule has 0 aromatic heterocycles. The van der Waals surface area contributed by atoms with Crippen molar-refractivity contribution in [2.75, 3.05) is 0 Å². The normalized spacial score (nSPS) is 9.83. The molecule has 0 heterocycles. The number of hydrogen-bond acceptors (Lipinski definition) is 8. The van der Waals surface area contributed by atoms with Crippen LogP contribution in [0.15, 0.2) is 10.4 Å². The molecule has 0 radical (unpaired) electrons. The maximum atomic E-state index is 9.85. The van der Waals surface area contributed by atoms with Crippen molar-refractivity contribution in [2.24, 2.45) is 21.8 Å². The second kappa shape index (κ2) is 28.5. The summed E-state index contributed by atoms with van der Waals surface area (Å²) in [4.78, 5) is 34.6. The average Bonchev–Trinajstić information content (AvgIpc) is 2.68. The summed E-state index contributed by atoms with van der Waals surface area (Å²) in [6.07, 6.45) is 0. The van der Waals surface area contributed by atoms with Gasteiger partial charge in [0.15, 0.2) is 9.67 Å². The Labute approximate surface area is 273 Å². The fourth-order valence-corrected chi connectivity index (χ4v) is 0. The van der Waals surface area contributed by atoms with E-state index in [0.717, 1.165) is 0 Å². The molecule has 4 N–H and O–H groups in total. The number of primary amides is 2. The Morgan fingerprint density at radius 3 is 0.943 bits per heavy atom. The van der Waals surface area contributed by atoms with Crippen molar-refractivity contribution in [1.29, 1.82) is 10.5 Å². The van der Waals surface area contributed by atoms with Crippen LogP contribution in [0.5, 0.6) is 0 Å². The molecule has 0 bridgehead atoms. The zero-order chi connectivity index (χ0) is 30.2. The number of nitriles is 2. The second-order valence-electron chi connectivity index (χ2n) is 3.55. The predicted octanol–water partition coefficient (Wildman–Crippen LogP) is 7.91. The zero-order valence-corrected chi connectivity index (χ0v) is 26.8. The summed E-state index contributed by atoms with van der Waals surface area (Å²) in [6.45, 7) is 0. The molecule has 0 aliphatic rings. The molecule has 0 spiro atoms. The van der Waals surface area contributed by atoms with Crippen LogP contribution >= 0.6 is 174 Å².